The minimum absolute atomic E-state index is 0.230. The number of hydrogen-bond acceptors (Lipinski definition) is 4. The summed E-state index contributed by atoms with van der Waals surface area (Å²) in [4.78, 5) is 43.3. The van der Waals surface area contributed by atoms with Gasteiger partial charge in [0, 0.05) is 49.4 Å². The first kappa shape index (κ1) is 21.3. The van der Waals surface area contributed by atoms with Crippen LogP contribution in [0.2, 0.25) is 0 Å². The van der Waals surface area contributed by atoms with Crippen LogP contribution < -0.4 is 10.9 Å². The predicted octanol–water partition coefficient (Wildman–Crippen LogP) is 2.99. The van der Waals surface area contributed by atoms with E-state index in [1.165, 1.54) is 0 Å². The number of carbonyl (C=O) groups excluding carboxylic acids is 2. The summed E-state index contributed by atoms with van der Waals surface area (Å²) in [6.45, 7) is 3.77. The molecule has 1 atom stereocenters. The Morgan fingerprint density at radius 3 is 2.82 bits per heavy atom. The molecule has 5 rings (SSSR count). The van der Waals surface area contributed by atoms with Gasteiger partial charge < -0.3 is 24.5 Å². The van der Waals surface area contributed by atoms with Crippen LogP contribution >= 0.6 is 0 Å². The zero-order chi connectivity index (χ0) is 23.0. The highest BCUT2D eigenvalue weighted by molar-refractivity contribution is 5.95. The number of nitrogens with one attached hydrogen (secondary N) is 2. The van der Waals surface area contributed by atoms with Crippen molar-refractivity contribution in [2.24, 2.45) is 0 Å². The zero-order valence-electron chi connectivity index (χ0n) is 18.7. The lowest BCUT2D eigenvalue weighted by Crippen LogP contribution is -2.39. The Labute approximate surface area is 191 Å². The summed E-state index contributed by atoms with van der Waals surface area (Å²) in [6, 6.07) is 9.93. The molecule has 2 aliphatic rings. The number of aryl methyl sites for hydroxylation is 3. The van der Waals surface area contributed by atoms with E-state index in [9.17, 15) is 14.4 Å². The predicted molar refractivity (Wildman–Crippen MR) is 124 cm³/mol. The average molecular weight is 449 g/mol. The molecule has 1 aromatic carbocycles. The summed E-state index contributed by atoms with van der Waals surface area (Å²) < 4.78 is 7.14. The van der Waals surface area contributed by atoms with Crippen molar-refractivity contribution >= 4 is 22.9 Å². The van der Waals surface area contributed by atoms with Gasteiger partial charge in [0.15, 0.2) is 0 Å². The first-order valence-corrected chi connectivity index (χ1v) is 11.5. The van der Waals surface area contributed by atoms with Crippen LogP contribution in [0.1, 0.15) is 40.7 Å². The summed E-state index contributed by atoms with van der Waals surface area (Å²) in [5.41, 5.74) is 2.32. The van der Waals surface area contributed by atoms with Crippen LogP contribution in [0.15, 0.2) is 47.5 Å². The number of likely N-dealkylation sites (tertiary alicyclic amines) is 1. The largest absolute Gasteiger partial charge is 0.441 e. The maximum absolute atomic E-state index is 13.4. The van der Waals surface area contributed by atoms with E-state index in [1.54, 1.807) is 22.6 Å². The van der Waals surface area contributed by atoms with Gasteiger partial charge >= 0.3 is 6.09 Å². The third-order valence-electron chi connectivity index (χ3n) is 6.93. The first-order chi connectivity index (χ1) is 16.0. The number of H-pyrrole nitrogens is 1. The van der Waals surface area contributed by atoms with E-state index in [4.69, 9.17) is 4.74 Å². The smallest absolute Gasteiger partial charge is 0.407 e. The number of aromatic amines is 1. The van der Waals surface area contributed by atoms with Crippen LogP contribution in [0.3, 0.4) is 0 Å². The number of aromatic nitrogens is 2. The number of benzene rings is 1. The van der Waals surface area contributed by atoms with Crippen molar-refractivity contribution in [1.82, 2.24) is 19.8 Å². The number of carbonyl (C=O) groups is 2. The van der Waals surface area contributed by atoms with E-state index in [1.807, 2.05) is 30.5 Å². The molecule has 1 unspecified atom stereocenters. The molecular formula is C25H28N4O4. The first-order valence-electron chi connectivity index (χ1n) is 11.5. The Morgan fingerprint density at radius 2 is 2.00 bits per heavy atom. The van der Waals surface area contributed by atoms with Crippen molar-refractivity contribution in [2.45, 2.75) is 44.8 Å². The Balaban J connectivity index is 1.34. The summed E-state index contributed by atoms with van der Waals surface area (Å²) in [5.74, 6) is -0.242. The van der Waals surface area contributed by atoms with E-state index in [-0.39, 0.29) is 17.0 Å². The van der Waals surface area contributed by atoms with Gasteiger partial charge in [0.05, 0.1) is 6.54 Å². The third kappa shape index (κ3) is 4.01. The van der Waals surface area contributed by atoms with Gasteiger partial charge in [-0.3, -0.25) is 9.59 Å². The number of para-hydroxylation sites is 1. The third-order valence-corrected chi connectivity index (χ3v) is 6.93. The molecule has 0 bridgehead atoms. The fourth-order valence-electron chi connectivity index (χ4n) is 4.99. The number of amides is 2. The van der Waals surface area contributed by atoms with Gasteiger partial charge in [-0.25, -0.2) is 4.79 Å². The molecule has 2 saturated heterocycles. The van der Waals surface area contributed by atoms with Crippen molar-refractivity contribution in [3.8, 4) is 0 Å². The van der Waals surface area contributed by atoms with Crippen molar-refractivity contribution < 1.29 is 14.3 Å². The normalized spacial score (nSPS) is 20.6. The van der Waals surface area contributed by atoms with Gasteiger partial charge in [0.1, 0.15) is 11.2 Å². The van der Waals surface area contributed by atoms with Gasteiger partial charge in [-0.2, -0.15) is 0 Å². The van der Waals surface area contributed by atoms with Crippen LogP contribution in [0, 0.1) is 6.92 Å². The van der Waals surface area contributed by atoms with Crippen molar-refractivity contribution in [3.05, 3.63) is 69.8 Å². The minimum atomic E-state index is -0.544. The second-order valence-electron chi connectivity index (χ2n) is 9.05. The van der Waals surface area contributed by atoms with Gasteiger partial charge in [0.2, 0.25) is 0 Å². The molecule has 33 heavy (non-hydrogen) atoms. The number of nitrogens with zero attached hydrogens (tertiary/aromatic N) is 2. The minimum Gasteiger partial charge on any atom is -0.441 e. The van der Waals surface area contributed by atoms with E-state index in [2.05, 4.69) is 16.4 Å². The fourth-order valence-corrected chi connectivity index (χ4v) is 4.99. The van der Waals surface area contributed by atoms with Crippen molar-refractivity contribution in [1.29, 1.82) is 0 Å². The molecule has 0 radical (unpaired) electrons. The highest BCUT2D eigenvalue weighted by Gasteiger charge is 2.42. The molecule has 172 valence electrons. The zero-order valence-corrected chi connectivity index (χ0v) is 18.7. The maximum atomic E-state index is 13.4. The number of rotatable bonds is 4. The van der Waals surface area contributed by atoms with Crippen LogP contribution in [0.5, 0.6) is 0 Å². The SMILES string of the molecule is Cc1ccn(CCc2c[nH]c3ccccc23)c(=O)c1C(=O)N1CCCC2(CC1)CNC(=O)O2. The number of ether oxygens (including phenoxy) is 1. The second-order valence-corrected chi connectivity index (χ2v) is 9.05. The van der Waals surface area contributed by atoms with Crippen LogP contribution in [-0.4, -0.2) is 51.7 Å². The molecule has 8 heteroatoms. The number of fused-ring (bicyclic) bond motifs is 1. The Bertz CT molecular complexity index is 1280. The topological polar surface area (TPSA) is 96.4 Å². The van der Waals surface area contributed by atoms with Crippen molar-refractivity contribution in [3.63, 3.8) is 0 Å². The number of hydrogen-bond donors (Lipinski definition) is 2. The van der Waals surface area contributed by atoms with E-state index in [0.29, 0.717) is 51.0 Å². The highest BCUT2D eigenvalue weighted by atomic mass is 16.6. The molecule has 1 spiro atoms. The molecule has 2 fully saturated rings. The van der Waals surface area contributed by atoms with E-state index in [0.717, 1.165) is 22.9 Å². The number of pyridine rings is 1. The molecule has 0 aliphatic carbocycles. The fraction of sp³-hybridized carbons (Fsp3) is 0.400. The monoisotopic (exact) mass is 448 g/mol. The lowest BCUT2D eigenvalue weighted by Gasteiger charge is -2.25. The van der Waals surface area contributed by atoms with Gasteiger partial charge in [-0.15, -0.1) is 0 Å². The van der Waals surface area contributed by atoms with Gasteiger partial charge in [-0.05, 0) is 49.4 Å². The lowest BCUT2D eigenvalue weighted by molar-refractivity contribution is 0.0438. The molecule has 2 aliphatic heterocycles. The standard InChI is InChI=1S/C25H28N4O4/c1-17-7-12-29(13-8-18-15-26-20-6-3-2-5-19(18)20)23(31)21(17)22(30)28-11-4-9-25(10-14-28)16-27-24(32)33-25/h2-3,5-7,12,15,26H,4,8-11,13-14,16H2,1H3,(H,27,32). The quantitative estimate of drug-likeness (QED) is 0.641. The molecule has 3 aromatic rings. The van der Waals surface area contributed by atoms with Gasteiger partial charge in [-0.1, -0.05) is 18.2 Å². The Hall–Kier alpha value is -3.55. The van der Waals surface area contributed by atoms with Crippen molar-refractivity contribution in [2.75, 3.05) is 19.6 Å². The van der Waals surface area contributed by atoms with Gasteiger partial charge in [0.25, 0.3) is 11.5 Å². The van der Waals surface area contributed by atoms with Crippen LogP contribution in [-0.2, 0) is 17.7 Å². The molecule has 8 nitrogen and oxygen atoms in total. The summed E-state index contributed by atoms with van der Waals surface area (Å²) in [6.07, 6.45) is 6.03. The highest BCUT2D eigenvalue weighted by Crippen LogP contribution is 2.29. The molecule has 2 amide bonds. The van der Waals surface area contributed by atoms with E-state index < -0.39 is 11.7 Å². The average Bonchev–Trinajstić information content (AvgIpc) is 3.31. The summed E-state index contributed by atoms with van der Waals surface area (Å²) in [7, 11) is 0. The lowest BCUT2D eigenvalue weighted by atomic mass is 9.95. The maximum Gasteiger partial charge on any atom is 0.407 e. The molecule has 4 heterocycles. The van der Waals surface area contributed by atoms with Crippen LogP contribution in [0.25, 0.3) is 10.9 Å². The summed E-state index contributed by atoms with van der Waals surface area (Å²) in [5, 5.41) is 3.87. The molecule has 0 saturated carbocycles. The molecule has 2 N–H and O–H groups in total. The second kappa shape index (κ2) is 8.42. The molecular weight excluding hydrogens is 420 g/mol. The Kier molecular flexibility index (Phi) is 5.44. The van der Waals surface area contributed by atoms with E-state index >= 15 is 0 Å². The number of alkyl carbamates (subject to hydrolysis) is 1. The summed E-state index contributed by atoms with van der Waals surface area (Å²) >= 11 is 0. The van der Waals surface area contributed by atoms with Crippen LogP contribution in [0.4, 0.5) is 4.79 Å². The Morgan fingerprint density at radius 1 is 1.15 bits per heavy atom. The molecule has 2 aromatic heterocycles.